The fourth-order valence-corrected chi connectivity index (χ4v) is 3.75. The summed E-state index contributed by atoms with van der Waals surface area (Å²) in [5.74, 6) is 0.0796. The summed E-state index contributed by atoms with van der Waals surface area (Å²) in [6.07, 6.45) is 6.18. The molecule has 2 heterocycles. The molecule has 1 saturated carbocycles. The molecular weight excluding hydrogens is 368 g/mol. The van der Waals surface area contributed by atoms with E-state index < -0.39 is 0 Å². The summed E-state index contributed by atoms with van der Waals surface area (Å²) in [6.45, 7) is 4.45. The normalized spacial score (nSPS) is 23.5. The van der Waals surface area contributed by atoms with E-state index in [-0.39, 0.29) is 18.1 Å². The second kappa shape index (κ2) is 8.57. The number of hydrogen-bond donors (Lipinski definition) is 2. The average Bonchev–Trinajstić information content (AvgIpc) is 3.33. The van der Waals surface area contributed by atoms with Gasteiger partial charge in [0.05, 0.1) is 23.6 Å². The van der Waals surface area contributed by atoms with Gasteiger partial charge in [-0.1, -0.05) is 43.2 Å². The number of ether oxygens (including phenoxy) is 1. The monoisotopic (exact) mass is 394 g/mol. The predicted molar refractivity (Wildman–Crippen MR) is 113 cm³/mol. The summed E-state index contributed by atoms with van der Waals surface area (Å²) in [4.78, 5) is 20.4. The maximum absolute atomic E-state index is 12.9. The molecule has 0 spiro atoms. The van der Waals surface area contributed by atoms with Crippen LogP contribution in [0, 0.1) is 0 Å². The van der Waals surface area contributed by atoms with E-state index in [0.29, 0.717) is 24.0 Å². The van der Waals surface area contributed by atoms with Crippen molar-refractivity contribution >= 4 is 23.3 Å². The third-order valence-corrected chi connectivity index (χ3v) is 5.25. The van der Waals surface area contributed by atoms with Crippen LogP contribution in [-0.4, -0.2) is 46.1 Å². The summed E-state index contributed by atoms with van der Waals surface area (Å²) in [5, 5.41) is 10.0. The van der Waals surface area contributed by atoms with E-state index in [1.54, 1.807) is 13.1 Å². The Morgan fingerprint density at radius 1 is 1.28 bits per heavy atom. The minimum atomic E-state index is -0.298. The van der Waals surface area contributed by atoms with Crippen LogP contribution in [0.4, 0.5) is 5.95 Å². The number of hydrazone groups is 2. The third kappa shape index (κ3) is 4.07. The van der Waals surface area contributed by atoms with Crippen LogP contribution in [0.2, 0.25) is 0 Å². The molecule has 1 aliphatic carbocycles. The molecule has 2 unspecified atom stereocenters. The molecule has 1 aromatic heterocycles. The van der Waals surface area contributed by atoms with Gasteiger partial charge in [0.15, 0.2) is 5.71 Å². The van der Waals surface area contributed by atoms with Gasteiger partial charge in [-0.15, -0.1) is 0 Å². The van der Waals surface area contributed by atoms with Gasteiger partial charge in [0.1, 0.15) is 0 Å². The quantitative estimate of drug-likeness (QED) is 0.736. The first-order valence-corrected chi connectivity index (χ1v) is 10.1. The number of carbonyl (C=O) groups excluding carboxylic acids is 1. The zero-order valence-corrected chi connectivity index (χ0v) is 16.8. The first-order valence-electron chi connectivity index (χ1n) is 10.1. The molecule has 2 aromatic rings. The average molecular weight is 394 g/mol. The second-order valence-corrected chi connectivity index (χ2v) is 7.25. The Morgan fingerprint density at radius 2 is 2.07 bits per heavy atom. The third-order valence-electron chi connectivity index (χ3n) is 5.25. The van der Waals surface area contributed by atoms with Crippen LogP contribution in [0.25, 0.3) is 11.3 Å². The van der Waals surface area contributed by atoms with E-state index in [4.69, 9.17) is 4.74 Å². The molecule has 1 aliphatic heterocycles. The largest absolute Gasteiger partial charge is 0.376 e. The number of aromatic amines is 1. The molecule has 2 atom stereocenters. The molecule has 2 aliphatic rings. The summed E-state index contributed by atoms with van der Waals surface area (Å²) in [7, 11) is 0. The van der Waals surface area contributed by atoms with Crippen LogP contribution in [0.3, 0.4) is 0 Å². The number of nitrogens with zero attached hydrogens (tertiary/aromatic N) is 4. The minimum Gasteiger partial charge on any atom is -0.376 e. The first-order chi connectivity index (χ1) is 14.2. The van der Waals surface area contributed by atoms with Crippen LogP contribution in [0.1, 0.15) is 39.5 Å². The van der Waals surface area contributed by atoms with Gasteiger partial charge >= 0.3 is 5.91 Å². The number of benzene rings is 1. The highest BCUT2D eigenvalue weighted by molar-refractivity contribution is 6.71. The smallest absolute Gasteiger partial charge is 0.303 e. The number of anilines is 1. The van der Waals surface area contributed by atoms with E-state index in [0.717, 1.165) is 36.9 Å². The van der Waals surface area contributed by atoms with Crippen molar-refractivity contribution in [3.8, 4) is 11.3 Å². The molecule has 152 valence electrons. The standard InChI is InChI=1S/C21H26N6O2/c1-3-29-18-12-8-7-11-16(18)24-25-19-14(2)26-27(20(19)28)21-22-13-17(23-21)15-9-5-4-6-10-15/h4-6,9-10,13,16,18,24H,3,7-8,11-12H2,1-2H3,(H,22,23)/b25-19+. The van der Waals surface area contributed by atoms with Gasteiger partial charge in [-0.2, -0.15) is 15.2 Å². The Morgan fingerprint density at radius 3 is 2.86 bits per heavy atom. The molecular formula is C21H26N6O2. The predicted octanol–water partition coefficient (Wildman–Crippen LogP) is 3.09. The number of carbonyl (C=O) groups is 1. The Labute approximate surface area is 170 Å². The second-order valence-electron chi connectivity index (χ2n) is 7.25. The van der Waals surface area contributed by atoms with E-state index >= 15 is 0 Å². The van der Waals surface area contributed by atoms with Gasteiger partial charge < -0.3 is 15.1 Å². The van der Waals surface area contributed by atoms with Gasteiger partial charge in [-0.25, -0.2) is 4.98 Å². The molecule has 8 heteroatoms. The van der Waals surface area contributed by atoms with E-state index in [2.05, 4.69) is 25.6 Å². The number of nitrogens with one attached hydrogen (secondary N) is 2. The maximum atomic E-state index is 12.9. The molecule has 2 N–H and O–H groups in total. The lowest BCUT2D eigenvalue weighted by molar-refractivity contribution is -0.112. The van der Waals surface area contributed by atoms with E-state index in [9.17, 15) is 4.79 Å². The fraction of sp³-hybridized carbons (Fsp3) is 0.429. The lowest BCUT2D eigenvalue weighted by Gasteiger charge is -2.30. The molecule has 8 nitrogen and oxygen atoms in total. The van der Waals surface area contributed by atoms with Gasteiger partial charge in [0, 0.05) is 18.4 Å². The zero-order chi connectivity index (χ0) is 20.2. The zero-order valence-electron chi connectivity index (χ0n) is 16.8. The van der Waals surface area contributed by atoms with Crippen molar-refractivity contribution < 1.29 is 9.53 Å². The van der Waals surface area contributed by atoms with Crippen LogP contribution in [-0.2, 0) is 9.53 Å². The molecule has 4 rings (SSSR count). The van der Waals surface area contributed by atoms with Crippen molar-refractivity contribution in [2.75, 3.05) is 11.6 Å². The van der Waals surface area contributed by atoms with Crippen molar-refractivity contribution in [3.63, 3.8) is 0 Å². The van der Waals surface area contributed by atoms with Gasteiger partial charge in [-0.05, 0) is 26.7 Å². The van der Waals surface area contributed by atoms with Crippen LogP contribution >= 0.6 is 0 Å². The maximum Gasteiger partial charge on any atom is 0.303 e. The molecule has 0 saturated heterocycles. The number of imidazole rings is 1. The lowest BCUT2D eigenvalue weighted by atomic mass is 9.93. The van der Waals surface area contributed by atoms with Crippen molar-refractivity contribution in [2.45, 2.75) is 51.7 Å². The SMILES string of the molecule is CCOC1CCCCC1N/N=C1/C(=O)N(c2nc(-c3ccccc3)c[nH]2)N=C1C. The van der Waals surface area contributed by atoms with Crippen molar-refractivity contribution in [2.24, 2.45) is 10.2 Å². The number of H-pyrrole nitrogens is 1. The highest BCUT2D eigenvalue weighted by atomic mass is 16.5. The number of hydrogen-bond acceptors (Lipinski definition) is 6. The fourth-order valence-electron chi connectivity index (χ4n) is 3.75. The first kappa shape index (κ1) is 19.3. The Kier molecular flexibility index (Phi) is 5.71. The molecule has 0 bridgehead atoms. The van der Waals surface area contributed by atoms with Gasteiger partial charge in [0.25, 0.3) is 0 Å². The van der Waals surface area contributed by atoms with Crippen LogP contribution in [0.5, 0.6) is 0 Å². The molecule has 0 radical (unpaired) electrons. The van der Waals surface area contributed by atoms with E-state index in [1.807, 2.05) is 37.3 Å². The summed E-state index contributed by atoms with van der Waals surface area (Å²) in [6, 6.07) is 9.90. The molecule has 1 aromatic carbocycles. The molecule has 1 amide bonds. The molecule has 1 fully saturated rings. The topological polar surface area (TPSA) is 95.0 Å². The molecule has 29 heavy (non-hydrogen) atoms. The minimum absolute atomic E-state index is 0.110. The Hall–Kier alpha value is -3.00. The summed E-state index contributed by atoms with van der Waals surface area (Å²) < 4.78 is 5.83. The highest BCUT2D eigenvalue weighted by Gasteiger charge is 2.33. The summed E-state index contributed by atoms with van der Waals surface area (Å²) >= 11 is 0. The Balaban J connectivity index is 1.48. The van der Waals surface area contributed by atoms with Crippen LogP contribution in [0.15, 0.2) is 46.7 Å². The Bertz CT molecular complexity index is 918. The number of aromatic nitrogens is 2. The lowest BCUT2D eigenvalue weighted by Crippen LogP contribution is -2.42. The van der Waals surface area contributed by atoms with Gasteiger partial charge in [-0.3, -0.25) is 4.79 Å². The van der Waals surface area contributed by atoms with Crippen LogP contribution < -0.4 is 10.4 Å². The van der Waals surface area contributed by atoms with E-state index in [1.165, 1.54) is 5.01 Å². The summed E-state index contributed by atoms with van der Waals surface area (Å²) in [5.41, 5.74) is 5.76. The van der Waals surface area contributed by atoms with Crippen molar-refractivity contribution in [1.82, 2.24) is 15.4 Å². The van der Waals surface area contributed by atoms with Crippen molar-refractivity contribution in [1.29, 1.82) is 0 Å². The highest BCUT2D eigenvalue weighted by Crippen LogP contribution is 2.23. The number of amides is 1. The number of rotatable bonds is 6. The van der Waals surface area contributed by atoms with Gasteiger partial charge in [0.2, 0.25) is 5.95 Å². The van der Waals surface area contributed by atoms with Crippen molar-refractivity contribution in [3.05, 3.63) is 36.5 Å².